The number of sulfonamides is 1. The minimum Gasteiger partial charge on any atom is -0.478 e. The fourth-order valence-electron chi connectivity index (χ4n) is 5.70. The van der Waals surface area contributed by atoms with E-state index in [4.69, 9.17) is 9.47 Å². The Morgan fingerprint density at radius 2 is 1.68 bits per heavy atom. The van der Waals surface area contributed by atoms with Gasteiger partial charge in [-0.15, -0.1) is 6.58 Å². The zero-order valence-corrected chi connectivity index (χ0v) is 29.7. The summed E-state index contributed by atoms with van der Waals surface area (Å²) in [6, 6.07) is 3.07. The summed E-state index contributed by atoms with van der Waals surface area (Å²) in [6.07, 6.45) is -0.961. The Bertz CT molecular complexity index is 1680. The molecule has 1 aromatic carbocycles. The predicted octanol–water partition coefficient (Wildman–Crippen LogP) is 2.51. The van der Waals surface area contributed by atoms with Crippen LogP contribution >= 0.6 is 0 Å². The van der Waals surface area contributed by atoms with Gasteiger partial charge in [-0.05, 0) is 57.6 Å². The van der Waals surface area contributed by atoms with Crippen LogP contribution in [0.2, 0.25) is 0 Å². The number of carboxylic acid groups (broad SMARTS) is 1. The van der Waals surface area contributed by atoms with Crippen LogP contribution in [-0.2, 0) is 33.9 Å². The van der Waals surface area contributed by atoms with E-state index < -0.39 is 91.8 Å². The number of carbonyl (C=O) groups excluding carboxylic acids is 5. The molecule has 0 bridgehead atoms. The number of para-hydroxylation sites is 1. The minimum atomic E-state index is -3.95. The number of anilines is 1. The van der Waals surface area contributed by atoms with Gasteiger partial charge in [-0.3, -0.25) is 24.4 Å². The molecular weight excluding hydrogens is 674 g/mol. The van der Waals surface area contributed by atoms with E-state index in [2.05, 4.69) is 27.3 Å². The van der Waals surface area contributed by atoms with Crippen molar-refractivity contribution in [1.82, 2.24) is 20.3 Å². The number of nitrogens with one attached hydrogen (secondary N) is 4. The summed E-state index contributed by atoms with van der Waals surface area (Å²) < 4.78 is 38.2. The first kappa shape index (κ1) is 38.1. The second-order valence-electron chi connectivity index (χ2n) is 14.9. The van der Waals surface area contributed by atoms with Gasteiger partial charge < -0.3 is 30.1 Å². The molecule has 3 fully saturated rings. The van der Waals surface area contributed by atoms with Crippen molar-refractivity contribution in [2.45, 2.75) is 102 Å². The van der Waals surface area contributed by atoms with E-state index in [1.54, 1.807) is 41.5 Å². The van der Waals surface area contributed by atoms with Gasteiger partial charge in [0.15, 0.2) is 0 Å². The van der Waals surface area contributed by atoms with Gasteiger partial charge in [0.05, 0.1) is 23.0 Å². The van der Waals surface area contributed by atoms with Crippen molar-refractivity contribution in [3.05, 3.63) is 42.5 Å². The maximum absolute atomic E-state index is 14.2. The molecule has 50 heavy (non-hydrogen) atoms. The van der Waals surface area contributed by atoms with Gasteiger partial charge in [-0.2, -0.15) is 0 Å². The Kier molecular flexibility index (Phi) is 10.6. The second kappa shape index (κ2) is 13.9. The Labute approximate surface area is 290 Å². The molecular formula is C33H45N5O11S. The first-order chi connectivity index (χ1) is 23.1. The van der Waals surface area contributed by atoms with Crippen LogP contribution in [-0.4, -0.2) is 95.4 Å². The molecule has 0 aromatic heterocycles. The van der Waals surface area contributed by atoms with Crippen LogP contribution in [0.15, 0.2) is 36.9 Å². The Hall–Kier alpha value is -4.67. The smallest absolute Gasteiger partial charge is 0.411 e. The summed E-state index contributed by atoms with van der Waals surface area (Å²) in [7, 11) is -3.95. The van der Waals surface area contributed by atoms with Crippen LogP contribution in [0, 0.1) is 11.3 Å². The van der Waals surface area contributed by atoms with Gasteiger partial charge in [-0.25, -0.2) is 22.8 Å². The molecule has 1 saturated heterocycles. The lowest BCUT2D eigenvalue weighted by Gasteiger charge is -2.36. The van der Waals surface area contributed by atoms with Gasteiger partial charge in [-0.1, -0.05) is 39.0 Å². The molecule has 5 N–H and O–H groups in total. The van der Waals surface area contributed by atoms with Crippen molar-refractivity contribution in [2.24, 2.45) is 11.3 Å². The molecule has 2 saturated carbocycles. The highest BCUT2D eigenvalue weighted by molar-refractivity contribution is 7.91. The molecule has 2 aliphatic carbocycles. The van der Waals surface area contributed by atoms with Crippen LogP contribution in [0.5, 0.6) is 0 Å². The Morgan fingerprint density at radius 3 is 2.22 bits per heavy atom. The highest BCUT2D eigenvalue weighted by Crippen LogP contribution is 2.45. The number of rotatable bonds is 11. The van der Waals surface area contributed by atoms with Gasteiger partial charge in [0.1, 0.15) is 29.3 Å². The van der Waals surface area contributed by atoms with Crippen molar-refractivity contribution >= 4 is 51.6 Å². The van der Waals surface area contributed by atoms with Crippen molar-refractivity contribution < 1.29 is 51.8 Å². The van der Waals surface area contributed by atoms with Gasteiger partial charge in [0.25, 0.3) is 5.91 Å². The summed E-state index contributed by atoms with van der Waals surface area (Å²) in [5, 5.41) is 16.4. The quantitative estimate of drug-likeness (QED) is 0.209. The topological polar surface area (TPSA) is 227 Å². The molecule has 5 atom stereocenters. The number of carbonyl (C=O) groups is 6. The number of likely N-dealkylation sites (tertiary alicyclic amines) is 1. The van der Waals surface area contributed by atoms with Crippen LogP contribution in [0.1, 0.15) is 77.6 Å². The van der Waals surface area contributed by atoms with E-state index in [0.29, 0.717) is 12.8 Å². The second-order valence-corrected chi connectivity index (χ2v) is 16.8. The maximum Gasteiger partial charge on any atom is 0.411 e. The molecule has 17 heteroatoms. The third-order valence-corrected chi connectivity index (χ3v) is 10.4. The van der Waals surface area contributed by atoms with E-state index >= 15 is 0 Å². The number of hydrogen-bond donors (Lipinski definition) is 5. The zero-order valence-electron chi connectivity index (χ0n) is 28.9. The normalized spacial score (nSPS) is 23.9. The Balaban J connectivity index is 1.60. The molecule has 0 radical (unpaired) electrons. The van der Waals surface area contributed by atoms with Crippen LogP contribution in [0.3, 0.4) is 0 Å². The summed E-state index contributed by atoms with van der Waals surface area (Å²) in [6.45, 7) is 13.4. The molecule has 16 nitrogen and oxygen atoms in total. The van der Waals surface area contributed by atoms with E-state index in [1.807, 2.05) is 0 Å². The number of nitrogens with zero attached hydrogens (tertiary/aromatic N) is 1. The number of carboxylic acids is 1. The van der Waals surface area contributed by atoms with Crippen LogP contribution < -0.4 is 20.7 Å². The lowest BCUT2D eigenvalue weighted by molar-refractivity contribution is -0.143. The van der Waals surface area contributed by atoms with Gasteiger partial charge >= 0.3 is 18.2 Å². The van der Waals surface area contributed by atoms with Gasteiger partial charge in [0, 0.05) is 12.3 Å². The summed E-state index contributed by atoms with van der Waals surface area (Å²) in [5.41, 5.74) is -3.68. The molecule has 1 aliphatic heterocycles. The first-order valence-corrected chi connectivity index (χ1v) is 17.7. The molecule has 274 valence electrons. The molecule has 4 rings (SSSR count). The molecule has 5 unspecified atom stereocenters. The average molecular weight is 720 g/mol. The van der Waals surface area contributed by atoms with Crippen molar-refractivity contribution in [2.75, 3.05) is 11.9 Å². The first-order valence-electron chi connectivity index (χ1n) is 16.2. The zero-order chi connectivity index (χ0) is 37.4. The van der Waals surface area contributed by atoms with Crippen molar-refractivity contribution in [1.29, 1.82) is 0 Å². The Morgan fingerprint density at radius 1 is 1.04 bits per heavy atom. The van der Waals surface area contributed by atoms with E-state index in [-0.39, 0.29) is 30.6 Å². The third-order valence-electron chi connectivity index (χ3n) is 8.54. The number of amides is 5. The number of alkyl carbamates (subject to hydrolysis) is 1. The average Bonchev–Trinajstić information content (AvgIpc) is 3.91. The van der Waals surface area contributed by atoms with E-state index in [1.165, 1.54) is 30.3 Å². The van der Waals surface area contributed by atoms with Gasteiger partial charge in [0.2, 0.25) is 21.8 Å². The highest BCUT2D eigenvalue weighted by Gasteiger charge is 2.62. The van der Waals surface area contributed by atoms with Crippen LogP contribution in [0.4, 0.5) is 15.3 Å². The van der Waals surface area contributed by atoms with Crippen LogP contribution in [0.25, 0.3) is 0 Å². The fourth-order valence-corrected chi connectivity index (χ4v) is 7.07. The third kappa shape index (κ3) is 8.91. The monoisotopic (exact) mass is 719 g/mol. The number of aromatic carboxylic acids is 1. The summed E-state index contributed by atoms with van der Waals surface area (Å²) in [4.78, 5) is 80.1. The number of benzene rings is 1. The molecule has 1 heterocycles. The molecule has 1 aromatic rings. The largest absolute Gasteiger partial charge is 0.478 e. The molecule has 3 aliphatic rings. The summed E-state index contributed by atoms with van der Waals surface area (Å²) >= 11 is 0. The lowest BCUT2D eigenvalue weighted by atomic mass is 9.85. The van der Waals surface area contributed by atoms with E-state index in [0.717, 1.165) is 4.90 Å². The van der Waals surface area contributed by atoms with Crippen molar-refractivity contribution in [3.8, 4) is 0 Å². The minimum absolute atomic E-state index is 0.0436. The maximum atomic E-state index is 14.2. The van der Waals surface area contributed by atoms with E-state index in [9.17, 15) is 42.3 Å². The van der Waals surface area contributed by atoms with Crippen molar-refractivity contribution in [3.63, 3.8) is 0 Å². The molecule has 0 spiro atoms. The number of hydrogen-bond acceptors (Lipinski definition) is 10. The molecule has 5 amide bonds. The SMILES string of the molecule is C=CC1CC1(NC(=O)C1CC(OC(=O)Nc2ccccc2C(=O)O)CN1C(=O)C(NC(=O)OC(C)(C)C)C(C)(C)C)C(=O)NS(=O)(=O)C1CC1. The summed E-state index contributed by atoms with van der Waals surface area (Å²) in [5.74, 6) is -4.36. The highest BCUT2D eigenvalue weighted by atomic mass is 32.2. The lowest BCUT2D eigenvalue weighted by Crippen LogP contribution is -2.60. The fraction of sp³-hybridized carbons (Fsp3) is 0.576. The number of ether oxygens (including phenoxy) is 2. The predicted molar refractivity (Wildman–Crippen MR) is 179 cm³/mol. The standard InChI is InChI=1S/C33H45N5O11S/c1-8-18-16-33(18,28(43)37-50(46,47)20-13-14-20)36-25(39)23-15-19(48-29(44)34-22-12-10-9-11-21(22)27(41)42)17-38(23)26(40)24(31(2,3)4)35-30(45)49-32(5,6)7/h8-12,18-20,23-24H,1,13-17H2,2-7H3,(H,34,44)(H,35,45)(H,36,39)(H,37,43)(H,41,42).